The Hall–Kier alpha value is -1.67. The van der Waals surface area contributed by atoms with Crippen molar-refractivity contribution in [2.75, 3.05) is 19.8 Å². The zero-order valence-corrected chi connectivity index (χ0v) is 17.2. The van der Waals surface area contributed by atoms with Crippen LogP contribution in [0.1, 0.15) is 37.7 Å². The van der Waals surface area contributed by atoms with E-state index in [4.69, 9.17) is 21.1 Å². The molecule has 1 aromatic rings. The van der Waals surface area contributed by atoms with Crippen LogP contribution in [0.25, 0.3) is 0 Å². The van der Waals surface area contributed by atoms with E-state index in [0.29, 0.717) is 37.6 Å². The molecule has 3 N–H and O–H groups in total. The molecule has 29 heavy (non-hydrogen) atoms. The van der Waals surface area contributed by atoms with Crippen LogP contribution < -0.4 is 10.6 Å². The molecule has 0 saturated carbocycles. The van der Waals surface area contributed by atoms with Gasteiger partial charge in [0.05, 0.1) is 25.2 Å². The van der Waals surface area contributed by atoms with Gasteiger partial charge in [-0.2, -0.15) is 0 Å². The molecule has 2 aliphatic heterocycles. The first kappa shape index (κ1) is 22.0. The van der Waals surface area contributed by atoms with Crippen LogP contribution in [0.4, 0.5) is 0 Å². The fraction of sp³-hybridized carbons (Fsp3) is 0.619. The predicted octanol–water partition coefficient (Wildman–Crippen LogP) is 1.80. The van der Waals surface area contributed by atoms with Crippen molar-refractivity contribution in [3.8, 4) is 0 Å². The molecule has 7 nitrogen and oxygen atoms in total. The Morgan fingerprint density at radius 1 is 1.14 bits per heavy atom. The summed E-state index contributed by atoms with van der Waals surface area (Å²) in [7, 11) is 0. The number of halogens is 1. The lowest BCUT2D eigenvalue weighted by molar-refractivity contribution is -0.139. The molecule has 0 unspecified atom stereocenters. The summed E-state index contributed by atoms with van der Waals surface area (Å²) in [5.41, 5.74) is 0.858. The summed E-state index contributed by atoms with van der Waals surface area (Å²) in [4.78, 5) is 24.7. The zero-order valence-electron chi connectivity index (χ0n) is 16.4. The van der Waals surface area contributed by atoms with Gasteiger partial charge in [0.25, 0.3) is 0 Å². The minimum Gasteiger partial charge on any atom is -0.394 e. The molecule has 0 spiro atoms. The number of nitrogens with one attached hydrogen (secondary N) is 2. The maximum absolute atomic E-state index is 12.5. The summed E-state index contributed by atoms with van der Waals surface area (Å²) in [5.74, 6) is -0.177. The van der Waals surface area contributed by atoms with E-state index < -0.39 is 6.10 Å². The van der Waals surface area contributed by atoms with E-state index in [2.05, 4.69) is 10.6 Å². The van der Waals surface area contributed by atoms with Crippen LogP contribution in [0.3, 0.4) is 0 Å². The monoisotopic (exact) mass is 424 g/mol. The molecule has 2 fully saturated rings. The highest BCUT2D eigenvalue weighted by Gasteiger charge is 2.34. The number of carbonyl (C=O) groups excluding carboxylic acids is 2. The molecule has 2 aliphatic rings. The molecular weight excluding hydrogens is 396 g/mol. The number of carbonyl (C=O) groups is 2. The Labute approximate surface area is 176 Å². The van der Waals surface area contributed by atoms with E-state index in [9.17, 15) is 14.7 Å². The molecule has 160 valence electrons. The van der Waals surface area contributed by atoms with Gasteiger partial charge < -0.3 is 25.2 Å². The van der Waals surface area contributed by atoms with Crippen molar-refractivity contribution in [2.45, 2.75) is 56.9 Å². The van der Waals surface area contributed by atoms with Gasteiger partial charge in [-0.1, -0.05) is 29.8 Å². The molecule has 3 rings (SSSR count). The fourth-order valence-corrected chi connectivity index (χ4v) is 4.02. The van der Waals surface area contributed by atoms with Gasteiger partial charge in [-0.05, 0) is 37.3 Å². The van der Waals surface area contributed by atoms with Crippen LogP contribution in [-0.4, -0.2) is 55.0 Å². The van der Waals surface area contributed by atoms with Gasteiger partial charge in [0.1, 0.15) is 6.10 Å². The molecule has 0 bridgehead atoms. The minimum absolute atomic E-state index is 0.00344. The molecule has 3 atom stereocenters. The average Bonchev–Trinajstić information content (AvgIpc) is 2.74. The van der Waals surface area contributed by atoms with Crippen molar-refractivity contribution in [3.05, 3.63) is 34.9 Å². The van der Waals surface area contributed by atoms with Gasteiger partial charge in [0.2, 0.25) is 11.8 Å². The van der Waals surface area contributed by atoms with Gasteiger partial charge in [0.15, 0.2) is 0 Å². The first-order valence-electron chi connectivity index (χ1n) is 10.2. The van der Waals surface area contributed by atoms with Gasteiger partial charge in [0, 0.05) is 30.7 Å². The second-order valence-electron chi connectivity index (χ2n) is 7.63. The van der Waals surface area contributed by atoms with E-state index >= 15 is 0 Å². The predicted molar refractivity (Wildman–Crippen MR) is 108 cm³/mol. The van der Waals surface area contributed by atoms with Crippen molar-refractivity contribution in [3.63, 3.8) is 0 Å². The van der Waals surface area contributed by atoms with E-state index in [1.54, 1.807) is 6.07 Å². The second kappa shape index (κ2) is 10.9. The van der Waals surface area contributed by atoms with Crippen LogP contribution in [0.5, 0.6) is 0 Å². The third-order valence-corrected chi connectivity index (χ3v) is 5.93. The smallest absolute Gasteiger partial charge is 0.223 e. The number of benzene rings is 1. The third-order valence-electron chi connectivity index (χ3n) is 5.56. The van der Waals surface area contributed by atoms with Gasteiger partial charge in [-0.3, -0.25) is 9.59 Å². The molecular formula is C21H29ClN2O5. The lowest BCUT2D eigenvalue weighted by atomic mass is 9.94. The lowest BCUT2D eigenvalue weighted by Gasteiger charge is -2.37. The van der Waals surface area contributed by atoms with Crippen LogP contribution >= 0.6 is 11.6 Å². The van der Waals surface area contributed by atoms with Crippen LogP contribution in [0, 0.1) is 5.92 Å². The van der Waals surface area contributed by atoms with E-state index in [0.717, 1.165) is 18.4 Å². The molecule has 2 amide bonds. The highest BCUT2D eigenvalue weighted by Crippen LogP contribution is 2.23. The number of ether oxygens (including phenoxy) is 2. The van der Waals surface area contributed by atoms with Crippen molar-refractivity contribution in [1.82, 2.24) is 10.6 Å². The topological polar surface area (TPSA) is 96.9 Å². The second-order valence-corrected chi connectivity index (χ2v) is 8.04. The Kier molecular flexibility index (Phi) is 8.29. The van der Waals surface area contributed by atoms with E-state index in [1.165, 1.54) is 0 Å². The average molecular weight is 425 g/mol. The highest BCUT2D eigenvalue weighted by molar-refractivity contribution is 6.31. The number of rotatable bonds is 7. The zero-order chi connectivity index (χ0) is 20.6. The molecule has 2 heterocycles. The van der Waals surface area contributed by atoms with Crippen molar-refractivity contribution < 1.29 is 24.2 Å². The van der Waals surface area contributed by atoms with E-state index in [-0.39, 0.29) is 42.9 Å². The van der Waals surface area contributed by atoms with Gasteiger partial charge in [-0.15, -0.1) is 0 Å². The number of aliphatic hydroxyl groups is 1. The van der Waals surface area contributed by atoms with Crippen molar-refractivity contribution in [1.29, 1.82) is 0 Å². The van der Waals surface area contributed by atoms with Crippen LogP contribution in [-0.2, 0) is 25.6 Å². The Balaban J connectivity index is 1.44. The molecule has 0 aromatic heterocycles. The molecule has 0 radical (unpaired) electrons. The van der Waals surface area contributed by atoms with Crippen LogP contribution in [0.2, 0.25) is 5.02 Å². The highest BCUT2D eigenvalue weighted by atomic mass is 35.5. The van der Waals surface area contributed by atoms with Gasteiger partial charge >= 0.3 is 0 Å². The first-order chi connectivity index (χ1) is 14.1. The Morgan fingerprint density at radius 2 is 1.90 bits per heavy atom. The fourth-order valence-electron chi connectivity index (χ4n) is 3.82. The summed E-state index contributed by atoms with van der Waals surface area (Å²) in [6.45, 7) is 1.37. The summed E-state index contributed by atoms with van der Waals surface area (Å²) < 4.78 is 11.2. The quantitative estimate of drug-likeness (QED) is 0.620. The van der Waals surface area contributed by atoms with E-state index in [1.807, 2.05) is 18.2 Å². The Bertz CT molecular complexity index is 695. The standard InChI is InChI=1S/C21H29ClN2O5/c22-17-4-2-1-3-15(17)12-23-20(26)11-16-5-6-18(19(13-25)29-16)24-21(27)14-7-9-28-10-8-14/h1-4,14,16,18-19,25H,5-13H2,(H,23,26)(H,24,27)/t16-,18-,19-/m1/s1. The maximum atomic E-state index is 12.5. The molecule has 1 aromatic carbocycles. The van der Waals surface area contributed by atoms with Gasteiger partial charge in [-0.25, -0.2) is 0 Å². The largest absolute Gasteiger partial charge is 0.394 e. The molecule has 0 aliphatic carbocycles. The molecule has 2 saturated heterocycles. The number of hydrogen-bond donors (Lipinski definition) is 3. The summed E-state index contributed by atoms with van der Waals surface area (Å²) in [5, 5.41) is 16.2. The first-order valence-corrected chi connectivity index (χ1v) is 10.6. The summed E-state index contributed by atoms with van der Waals surface area (Å²) in [6, 6.07) is 7.13. The minimum atomic E-state index is -0.506. The molecule has 8 heteroatoms. The Morgan fingerprint density at radius 3 is 2.62 bits per heavy atom. The maximum Gasteiger partial charge on any atom is 0.223 e. The van der Waals surface area contributed by atoms with Crippen molar-refractivity contribution in [2.24, 2.45) is 5.92 Å². The summed E-state index contributed by atoms with van der Waals surface area (Å²) in [6.07, 6.45) is 2.18. The summed E-state index contributed by atoms with van der Waals surface area (Å²) >= 11 is 6.11. The SMILES string of the molecule is O=C(C[C@H]1CC[C@@H](NC(=O)C2CCOCC2)[C@@H](CO)O1)NCc1ccccc1Cl. The van der Waals surface area contributed by atoms with Crippen molar-refractivity contribution >= 4 is 23.4 Å². The third kappa shape index (κ3) is 6.40. The number of aliphatic hydroxyl groups excluding tert-OH is 1. The number of hydrogen-bond acceptors (Lipinski definition) is 5. The lowest BCUT2D eigenvalue weighted by Crippen LogP contribution is -2.53. The number of amides is 2. The normalized spacial score (nSPS) is 25.4. The van der Waals surface area contributed by atoms with Crippen LogP contribution in [0.15, 0.2) is 24.3 Å².